The number of hydrazine groups is 1. The Kier molecular flexibility index (Phi) is 4.13. The van der Waals surface area contributed by atoms with Crippen LogP contribution in [-0.2, 0) is 0 Å². The molecule has 7 nitrogen and oxygen atoms in total. The van der Waals surface area contributed by atoms with Crippen LogP contribution in [0, 0.1) is 0 Å². The third-order valence-corrected chi connectivity index (χ3v) is 4.48. The molecule has 27 heavy (non-hydrogen) atoms. The van der Waals surface area contributed by atoms with E-state index in [1.54, 1.807) is 30.3 Å². The largest absolute Gasteiger partial charge is 0.364 e. The molecule has 0 radical (unpaired) electrons. The summed E-state index contributed by atoms with van der Waals surface area (Å²) in [7, 11) is 0. The van der Waals surface area contributed by atoms with Crippen LogP contribution in [0.25, 0.3) is 21.8 Å². The van der Waals surface area contributed by atoms with Gasteiger partial charge in [0.15, 0.2) is 5.69 Å². The lowest BCUT2D eigenvalue weighted by atomic mass is 10.1. The third kappa shape index (κ3) is 3.04. The van der Waals surface area contributed by atoms with Gasteiger partial charge in [0.1, 0.15) is 5.69 Å². The number of aromatic nitrogens is 2. The van der Waals surface area contributed by atoms with Gasteiger partial charge in [0.2, 0.25) is 0 Å². The Balaban J connectivity index is 1.78. The predicted octanol–water partition coefficient (Wildman–Crippen LogP) is 3.23. The molecule has 2 heterocycles. The Morgan fingerprint density at radius 2 is 1.78 bits per heavy atom. The number of rotatable bonds is 4. The van der Waals surface area contributed by atoms with Crippen LogP contribution in [0.15, 0.2) is 54.6 Å². The fourth-order valence-corrected chi connectivity index (χ4v) is 3.07. The summed E-state index contributed by atoms with van der Waals surface area (Å²) in [6, 6.07) is 16.1. The number of nitrogens with one attached hydrogen (secondary N) is 3. The summed E-state index contributed by atoms with van der Waals surface area (Å²) in [6.45, 7) is 0. The second-order valence-electron chi connectivity index (χ2n) is 5.87. The van der Waals surface area contributed by atoms with Crippen LogP contribution in [-0.4, -0.2) is 21.8 Å². The first kappa shape index (κ1) is 16.9. The average molecular weight is 380 g/mol. The van der Waals surface area contributed by atoms with Crippen molar-refractivity contribution in [3.8, 4) is 0 Å². The van der Waals surface area contributed by atoms with E-state index in [4.69, 9.17) is 17.3 Å². The Hall–Kier alpha value is -3.58. The maximum atomic E-state index is 12.7. The normalized spacial score (nSPS) is 10.9. The quantitative estimate of drug-likeness (QED) is 0.408. The number of amides is 2. The second-order valence-corrected chi connectivity index (χ2v) is 6.28. The molecule has 2 aromatic heterocycles. The number of hydrogen-bond donors (Lipinski definition) is 4. The predicted molar refractivity (Wildman–Crippen MR) is 105 cm³/mol. The highest BCUT2D eigenvalue weighted by Gasteiger charge is 2.19. The van der Waals surface area contributed by atoms with Gasteiger partial charge in [-0.2, -0.15) is 0 Å². The molecule has 0 saturated carbocycles. The van der Waals surface area contributed by atoms with Gasteiger partial charge in [0.25, 0.3) is 11.8 Å². The van der Waals surface area contributed by atoms with Gasteiger partial charge in [-0.25, -0.2) is 4.98 Å². The molecule has 0 bridgehead atoms. The summed E-state index contributed by atoms with van der Waals surface area (Å²) < 4.78 is 0. The lowest BCUT2D eigenvalue weighted by molar-refractivity contribution is 0.0959. The highest BCUT2D eigenvalue weighted by molar-refractivity contribution is 6.33. The van der Waals surface area contributed by atoms with Crippen LogP contribution < -0.4 is 16.6 Å². The highest BCUT2D eigenvalue weighted by atomic mass is 35.5. The van der Waals surface area contributed by atoms with E-state index in [1.807, 2.05) is 24.3 Å². The first-order valence-corrected chi connectivity index (χ1v) is 8.44. The number of aromatic amines is 1. The van der Waals surface area contributed by atoms with E-state index < -0.39 is 11.8 Å². The Morgan fingerprint density at radius 1 is 1.04 bits per heavy atom. The van der Waals surface area contributed by atoms with Gasteiger partial charge in [-0.05, 0) is 24.3 Å². The minimum absolute atomic E-state index is 0.00939. The molecule has 0 aliphatic heterocycles. The van der Waals surface area contributed by atoms with Crippen molar-refractivity contribution in [2.45, 2.75) is 0 Å². The van der Waals surface area contributed by atoms with Crippen molar-refractivity contribution in [3.05, 3.63) is 71.0 Å². The number of para-hydroxylation sites is 2. The van der Waals surface area contributed by atoms with Crippen molar-refractivity contribution in [1.82, 2.24) is 15.4 Å². The van der Waals surface area contributed by atoms with Crippen molar-refractivity contribution < 1.29 is 9.59 Å². The maximum Gasteiger partial charge on any atom is 0.290 e. The first-order valence-electron chi connectivity index (χ1n) is 8.07. The molecular weight excluding hydrogens is 366 g/mol. The number of nitrogens with zero attached hydrogens (tertiary/aromatic N) is 1. The van der Waals surface area contributed by atoms with Gasteiger partial charge in [-0.1, -0.05) is 41.9 Å². The van der Waals surface area contributed by atoms with Crippen molar-refractivity contribution in [2.24, 2.45) is 5.73 Å². The van der Waals surface area contributed by atoms with E-state index in [0.717, 1.165) is 10.9 Å². The zero-order valence-corrected chi connectivity index (χ0v) is 14.7. The number of carbonyl (C=O) groups excluding carboxylic acids is 2. The number of primary amides is 1. The van der Waals surface area contributed by atoms with Crippen molar-refractivity contribution in [1.29, 1.82) is 0 Å². The summed E-state index contributed by atoms with van der Waals surface area (Å²) in [5.41, 5.74) is 12.6. The van der Waals surface area contributed by atoms with Crippen molar-refractivity contribution in [2.75, 3.05) is 5.43 Å². The molecule has 0 atom stereocenters. The minimum atomic E-state index is -0.713. The number of H-pyrrole nitrogens is 1. The lowest BCUT2D eigenvalue weighted by Crippen LogP contribution is -2.31. The fourth-order valence-electron chi connectivity index (χ4n) is 2.88. The summed E-state index contributed by atoms with van der Waals surface area (Å²) in [5, 5.41) is 2.01. The van der Waals surface area contributed by atoms with Crippen LogP contribution in [0.5, 0.6) is 0 Å². The number of pyridine rings is 1. The number of carbonyl (C=O) groups is 2. The summed E-state index contributed by atoms with van der Waals surface area (Å²) >= 11 is 6.07. The maximum absolute atomic E-state index is 12.7. The standard InChI is InChI=1S/C19H14ClN5O2/c20-12-6-2-4-8-14(12)24-25-19(27)17-16-11(9-15(23-17)18(21)26)10-5-1-3-7-13(10)22-16/h1-9,22,24H,(H2,21,26)(H,25,27). The van der Waals surface area contributed by atoms with Crippen LogP contribution in [0.1, 0.15) is 21.0 Å². The highest BCUT2D eigenvalue weighted by Crippen LogP contribution is 2.27. The topological polar surface area (TPSA) is 113 Å². The van der Waals surface area contributed by atoms with Crippen molar-refractivity contribution in [3.63, 3.8) is 0 Å². The Morgan fingerprint density at radius 3 is 2.56 bits per heavy atom. The molecule has 134 valence electrons. The molecule has 2 aromatic carbocycles. The van der Waals surface area contributed by atoms with E-state index >= 15 is 0 Å². The van der Waals surface area contributed by atoms with Gasteiger partial charge < -0.3 is 10.7 Å². The first-order chi connectivity index (χ1) is 13.0. The van der Waals surface area contributed by atoms with Gasteiger partial charge >= 0.3 is 0 Å². The molecule has 0 saturated heterocycles. The number of nitrogens with two attached hydrogens (primary N) is 1. The second kappa shape index (κ2) is 6.62. The Labute approximate surface area is 158 Å². The molecule has 0 aliphatic carbocycles. The summed E-state index contributed by atoms with van der Waals surface area (Å²) in [6.07, 6.45) is 0. The molecule has 2 amide bonds. The van der Waals surface area contributed by atoms with E-state index in [0.29, 0.717) is 21.6 Å². The summed E-state index contributed by atoms with van der Waals surface area (Å²) in [4.78, 5) is 31.7. The zero-order chi connectivity index (χ0) is 19.0. The lowest BCUT2D eigenvalue weighted by Gasteiger charge is -2.10. The summed E-state index contributed by atoms with van der Waals surface area (Å²) in [5.74, 6) is -1.25. The molecule has 4 rings (SSSR count). The van der Waals surface area contributed by atoms with Crippen LogP contribution >= 0.6 is 11.6 Å². The smallest absolute Gasteiger partial charge is 0.290 e. The SMILES string of the molecule is NC(=O)c1cc2c([nH]c3ccccc32)c(C(=O)NNc2ccccc2Cl)n1. The van der Waals surface area contributed by atoms with E-state index in [9.17, 15) is 9.59 Å². The third-order valence-electron chi connectivity index (χ3n) is 4.15. The van der Waals surface area contributed by atoms with Gasteiger partial charge in [0, 0.05) is 16.3 Å². The van der Waals surface area contributed by atoms with Crippen LogP contribution in [0.2, 0.25) is 5.02 Å². The van der Waals surface area contributed by atoms with E-state index in [-0.39, 0.29) is 11.4 Å². The van der Waals surface area contributed by atoms with Gasteiger partial charge in [-0.3, -0.25) is 20.4 Å². The molecular formula is C19H14ClN5O2. The molecule has 8 heteroatoms. The molecule has 0 aliphatic rings. The molecule has 0 spiro atoms. The van der Waals surface area contributed by atoms with Crippen LogP contribution in [0.4, 0.5) is 5.69 Å². The fraction of sp³-hybridized carbons (Fsp3) is 0. The number of anilines is 1. The molecule has 5 N–H and O–H groups in total. The monoisotopic (exact) mass is 379 g/mol. The van der Waals surface area contributed by atoms with E-state index in [2.05, 4.69) is 20.8 Å². The number of hydrogen-bond acceptors (Lipinski definition) is 4. The van der Waals surface area contributed by atoms with Gasteiger partial charge in [0.05, 0.1) is 16.2 Å². The average Bonchev–Trinajstić information content (AvgIpc) is 3.05. The van der Waals surface area contributed by atoms with Gasteiger partial charge in [-0.15, -0.1) is 0 Å². The van der Waals surface area contributed by atoms with Crippen molar-refractivity contribution >= 4 is 50.9 Å². The molecule has 0 unspecified atom stereocenters. The number of halogens is 1. The molecule has 4 aromatic rings. The minimum Gasteiger partial charge on any atom is -0.364 e. The zero-order valence-electron chi connectivity index (χ0n) is 13.9. The molecule has 0 fully saturated rings. The number of fused-ring (bicyclic) bond motifs is 3. The van der Waals surface area contributed by atoms with Crippen LogP contribution in [0.3, 0.4) is 0 Å². The number of benzene rings is 2. The van der Waals surface area contributed by atoms with E-state index in [1.165, 1.54) is 0 Å². The Bertz CT molecular complexity index is 1200.